The zero-order valence-corrected chi connectivity index (χ0v) is 26.1. The van der Waals surface area contributed by atoms with Gasteiger partial charge in [-0.25, -0.2) is 9.37 Å². The number of rotatable bonds is 3. The third-order valence-electron chi connectivity index (χ3n) is 7.12. The molecule has 3 aromatic heterocycles. The molecule has 41 heavy (non-hydrogen) atoms. The zero-order valence-electron chi connectivity index (χ0n) is 25.3. The van der Waals surface area contributed by atoms with Crippen molar-refractivity contribution >= 4 is 43.1 Å². The summed E-state index contributed by atoms with van der Waals surface area (Å²) in [6.45, 7) is 17.1. The van der Waals surface area contributed by atoms with Gasteiger partial charge in [0.05, 0.1) is 40.9 Å². The van der Waals surface area contributed by atoms with Gasteiger partial charge < -0.3 is 20.5 Å². The number of benzene rings is 1. The summed E-state index contributed by atoms with van der Waals surface area (Å²) in [4.78, 5) is 11.4. The third kappa shape index (κ3) is 6.09. The van der Waals surface area contributed by atoms with E-state index in [1.807, 2.05) is 39.8 Å². The molecule has 0 saturated carbocycles. The van der Waals surface area contributed by atoms with Crippen molar-refractivity contribution in [1.29, 1.82) is 5.26 Å². The van der Waals surface area contributed by atoms with E-state index in [0.717, 1.165) is 59.4 Å². The molecule has 0 spiro atoms. The van der Waals surface area contributed by atoms with Crippen molar-refractivity contribution in [2.75, 3.05) is 23.7 Å². The average molecular weight is 580 g/mol. The van der Waals surface area contributed by atoms with Crippen LogP contribution in [-0.2, 0) is 18.0 Å². The number of unbranched alkanes of at least 4 members (excludes halogenated alkanes) is 1. The molecule has 0 bridgehead atoms. The third-order valence-corrected chi connectivity index (χ3v) is 8.15. The molecule has 7 nitrogen and oxygen atoms in total. The molecule has 0 amide bonds. The predicted molar refractivity (Wildman–Crippen MR) is 169 cm³/mol. The highest BCUT2D eigenvalue weighted by Crippen LogP contribution is 2.48. The fourth-order valence-electron chi connectivity index (χ4n) is 4.99. The fourth-order valence-corrected chi connectivity index (χ4v) is 5.91. The number of ether oxygens (including phenoxy) is 1. The number of fused-ring (bicyclic) bond motifs is 4. The van der Waals surface area contributed by atoms with E-state index in [1.165, 1.54) is 12.8 Å². The summed E-state index contributed by atoms with van der Waals surface area (Å²) in [5.41, 5.74) is 9.08. The lowest BCUT2D eigenvalue weighted by molar-refractivity contribution is 0.135. The Morgan fingerprint density at radius 2 is 1.85 bits per heavy atom. The van der Waals surface area contributed by atoms with Crippen LogP contribution in [0.1, 0.15) is 84.4 Å². The summed E-state index contributed by atoms with van der Waals surface area (Å²) in [5, 5.41) is 22.6. The fraction of sp³-hybridized carbons (Fsp3) is 0.469. The first-order valence-electron chi connectivity index (χ1n) is 14.7. The average Bonchev–Trinajstić information content (AvgIpc) is 3.75. The van der Waals surface area contributed by atoms with Gasteiger partial charge in [0, 0.05) is 23.9 Å². The maximum Gasteiger partial charge on any atom is 0.159 e. The standard InChI is InChI=1S/C24H20FN5O2S.C4H10.2C2H6/c1-11-4-5-30(8-11)17-3-2-12-14-9-32-10-15(14)18(22(31)20(12)29-17)21-19-13(6-26)24(27)33-23(19)16(25)7-28-21;1-3-4-2;2*1-2/h2-3,7,11,31H,4-5,8-10,27H2,1H3;3-4H2,1-2H3;2*1-2H3. The van der Waals surface area contributed by atoms with Gasteiger partial charge in [-0.1, -0.05) is 61.3 Å². The molecular formula is C32H42FN5O2S. The lowest BCUT2D eigenvalue weighted by Crippen LogP contribution is -2.20. The molecular weight excluding hydrogens is 537 g/mol. The normalized spacial score (nSPS) is 15.3. The van der Waals surface area contributed by atoms with E-state index in [-0.39, 0.29) is 27.6 Å². The molecule has 220 valence electrons. The van der Waals surface area contributed by atoms with Crippen molar-refractivity contribution in [3.05, 3.63) is 40.8 Å². The summed E-state index contributed by atoms with van der Waals surface area (Å²) < 4.78 is 20.6. The summed E-state index contributed by atoms with van der Waals surface area (Å²) >= 11 is 1.01. The van der Waals surface area contributed by atoms with Crippen molar-refractivity contribution in [2.24, 2.45) is 5.92 Å². The van der Waals surface area contributed by atoms with Crippen LogP contribution < -0.4 is 10.6 Å². The Hall–Kier alpha value is -3.48. The summed E-state index contributed by atoms with van der Waals surface area (Å²) in [7, 11) is 0. The lowest BCUT2D eigenvalue weighted by atomic mass is 9.93. The number of aromatic nitrogens is 2. The number of phenols is 1. The molecule has 1 unspecified atom stereocenters. The highest BCUT2D eigenvalue weighted by Gasteiger charge is 2.30. The second kappa shape index (κ2) is 14.4. The second-order valence-corrected chi connectivity index (χ2v) is 10.7. The molecule has 1 saturated heterocycles. The minimum atomic E-state index is -0.552. The number of phenolic OH excluding ortho intramolecular Hbond substituents is 1. The first-order valence-corrected chi connectivity index (χ1v) is 15.5. The summed E-state index contributed by atoms with van der Waals surface area (Å²) in [6.07, 6.45) is 4.85. The van der Waals surface area contributed by atoms with Gasteiger partial charge >= 0.3 is 0 Å². The zero-order chi connectivity index (χ0) is 30.3. The molecule has 1 atom stereocenters. The number of aromatic hydroxyl groups is 1. The molecule has 2 aliphatic heterocycles. The molecule has 9 heteroatoms. The number of nitrogen functional groups attached to an aromatic ring is 1. The van der Waals surface area contributed by atoms with Crippen molar-refractivity contribution in [3.63, 3.8) is 0 Å². The van der Waals surface area contributed by atoms with Crippen LogP contribution in [0.4, 0.5) is 15.2 Å². The van der Waals surface area contributed by atoms with E-state index in [2.05, 4.69) is 36.7 Å². The van der Waals surface area contributed by atoms with E-state index in [0.29, 0.717) is 34.7 Å². The molecule has 5 heterocycles. The maximum atomic E-state index is 14.6. The Balaban J connectivity index is 0.000000525. The number of anilines is 2. The molecule has 6 rings (SSSR count). The largest absolute Gasteiger partial charge is 0.505 e. The van der Waals surface area contributed by atoms with Crippen LogP contribution in [-0.4, -0.2) is 28.2 Å². The van der Waals surface area contributed by atoms with Gasteiger partial charge in [0.15, 0.2) is 11.6 Å². The van der Waals surface area contributed by atoms with E-state index in [1.54, 1.807) is 0 Å². The summed E-state index contributed by atoms with van der Waals surface area (Å²) in [5.74, 6) is 0.799. The number of nitrogens with two attached hydrogens (primary N) is 1. The number of hydrogen-bond acceptors (Lipinski definition) is 8. The van der Waals surface area contributed by atoms with Crippen molar-refractivity contribution in [2.45, 2.75) is 80.9 Å². The Labute approximate surface area is 246 Å². The second-order valence-electron chi connectivity index (χ2n) is 9.69. The topological polar surface area (TPSA) is 108 Å². The Kier molecular flexibility index (Phi) is 11.3. The van der Waals surface area contributed by atoms with Crippen LogP contribution in [0.15, 0.2) is 18.3 Å². The van der Waals surface area contributed by atoms with E-state index >= 15 is 0 Å². The van der Waals surface area contributed by atoms with Crippen molar-refractivity contribution in [3.8, 4) is 23.1 Å². The number of pyridine rings is 2. The Morgan fingerprint density at radius 1 is 1.17 bits per heavy atom. The summed E-state index contributed by atoms with van der Waals surface area (Å²) in [6, 6.07) is 6.04. The van der Waals surface area contributed by atoms with Crippen LogP contribution in [0.3, 0.4) is 0 Å². The van der Waals surface area contributed by atoms with Gasteiger partial charge in [0.1, 0.15) is 22.4 Å². The van der Waals surface area contributed by atoms with Gasteiger partial charge in [-0.2, -0.15) is 5.26 Å². The molecule has 0 aliphatic carbocycles. The molecule has 1 aromatic carbocycles. The van der Waals surface area contributed by atoms with E-state index in [9.17, 15) is 14.8 Å². The molecule has 1 fully saturated rings. The van der Waals surface area contributed by atoms with Gasteiger partial charge in [-0.3, -0.25) is 4.98 Å². The Morgan fingerprint density at radius 3 is 2.46 bits per heavy atom. The molecule has 2 aliphatic rings. The maximum absolute atomic E-state index is 14.6. The number of thiophene rings is 1. The highest BCUT2D eigenvalue weighted by atomic mass is 32.1. The smallest absolute Gasteiger partial charge is 0.159 e. The predicted octanol–water partition coefficient (Wildman–Crippen LogP) is 8.55. The number of hydrogen-bond donors (Lipinski definition) is 2. The van der Waals surface area contributed by atoms with E-state index in [4.69, 9.17) is 15.5 Å². The molecule has 0 radical (unpaired) electrons. The number of nitrogens with zero attached hydrogens (tertiary/aromatic N) is 4. The van der Waals surface area contributed by atoms with Gasteiger partial charge in [0.2, 0.25) is 0 Å². The minimum Gasteiger partial charge on any atom is -0.505 e. The van der Waals surface area contributed by atoms with Gasteiger partial charge in [-0.15, -0.1) is 11.3 Å². The first-order chi connectivity index (χ1) is 19.9. The van der Waals surface area contributed by atoms with Crippen LogP contribution in [0.25, 0.3) is 32.2 Å². The molecule has 4 aromatic rings. The SMILES string of the molecule is CC.CC.CC1CCN(c2ccc3c4c(c(-c5ncc(F)c6sc(N)c(C#N)c56)c(O)c3n2)COC4)C1.CCCC. The molecule has 3 N–H and O–H groups in total. The van der Waals surface area contributed by atoms with Crippen LogP contribution >= 0.6 is 11.3 Å². The lowest BCUT2D eigenvalue weighted by Gasteiger charge is -2.19. The van der Waals surface area contributed by atoms with Crippen molar-refractivity contribution < 1.29 is 14.2 Å². The number of nitriles is 1. The van der Waals surface area contributed by atoms with Crippen LogP contribution in [0.5, 0.6) is 5.75 Å². The van der Waals surface area contributed by atoms with Crippen molar-refractivity contribution in [1.82, 2.24) is 9.97 Å². The minimum absolute atomic E-state index is 0.0441. The van der Waals surface area contributed by atoms with Gasteiger partial charge in [0.25, 0.3) is 0 Å². The monoisotopic (exact) mass is 579 g/mol. The first kappa shape index (κ1) is 32.0. The van der Waals surface area contributed by atoms with Gasteiger partial charge in [-0.05, 0) is 35.6 Å². The highest BCUT2D eigenvalue weighted by molar-refractivity contribution is 7.23. The quantitative estimate of drug-likeness (QED) is 0.250. The van der Waals surface area contributed by atoms with Crippen LogP contribution in [0, 0.1) is 23.1 Å². The van der Waals surface area contributed by atoms with Crippen LogP contribution in [0.2, 0.25) is 0 Å². The Bertz CT molecular complexity index is 1540. The number of halogens is 1. The van der Waals surface area contributed by atoms with E-state index < -0.39 is 5.82 Å².